The van der Waals surface area contributed by atoms with Crippen molar-refractivity contribution in [2.24, 2.45) is 0 Å². The fourth-order valence-electron chi connectivity index (χ4n) is 3.40. The number of halogens is 3. The number of benzene rings is 1. The summed E-state index contributed by atoms with van der Waals surface area (Å²) >= 11 is 0. The van der Waals surface area contributed by atoms with Crippen molar-refractivity contribution in [3.63, 3.8) is 0 Å². The minimum Gasteiger partial charge on any atom is -0.341 e. The first-order valence-corrected chi connectivity index (χ1v) is 7.62. The van der Waals surface area contributed by atoms with Crippen LogP contribution in [0.3, 0.4) is 0 Å². The summed E-state index contributed by atoms with van der Waals surface area (Å²) in [7, 11) is 0. The summed E-state index contributed by atoms with van der Waals surface area (Å²) in [6.07, 6.45) is -1.57. The minimum atomic E-state index is -4.42. The normalized spacial score (nSPS) is 25.1. The van der Waals surface area contributed by atoms with Crippen molar-refractivity contribution in [2.45, 2.75) is 43.9 Å². The molecule has 0 unspecified atom stereocenters. The number of hydrogen-bond acceptors (Lipinski definition) is 2. The molecular formula is C16H19F3N2O. The van der Waals surface area contributed by atoms with Crippen molar-refractivity contribution in [1.29, 1.82) is 0 Å². The maximum atomic E-state index is 13.0. The Morgan fingerprint density at radius 2 is 1.91 bits per heavy atom. The van der Waals surface area contributed by atoms with Gasteiger partial charge in [0.1, 0.15) is 0 Å². The lowest BCUT2D eigenvalue weighted by Crippen LogP contribution is -2.40. The molecule has 2 atom stereocenters. The summed E-state index contributed by atoms with van der Waals surface area (Å²) in [5.74, 6) is -0.217. The Labute approximate surface area is 127 Å². The van der Waals surface area contributed by atoms with Crippen LogP contribution in [0.15, 0.2) is 24.3 Å². The van der Waals surface area contributed by atoms with Crippen LogP contribution in [-0.4, -0.2) is 36.0 Å². The highest BCUT2D eigenvalue weighted by molar-refractivity contribution is 5.79. The zero-order chi connectivity index (χ0) is 15.7. The lowest BCUT2D eigenvalue weighted by Gasteiger charge is -2.25. The van der Waals surface area contributed by atoms with Crippen molar-refractivity contribution >= 4 is 5.91 Å². The Hall–Kier alpha value is -1.56. The molecule has 1 amide bonds. The van der Waals surface area contributed by atoms with E-state index in [-0.39, 0.29) is 23.9 Å². The minimum absolute atomic E-state index is 0.0577. The lowest BCUT2D eigenvalue weighted by molar-refractivity contribution is -0.138. The van der Waals surface area contributed by atoms with Gasteiger partial charge in [-0.15, -0.1) is 0 Å². The maximum Gasteiger partial charge on any atom is 0.416 e. The second-order valence-electron chi connectivity index (χ2n) is 6.10. The molecule has 0 saturated carbocycles. The van der Waals surface area contributed by atoms with E-state index in [9.17, 15) is 18.0 Å². The summed E-state index contributed by atoms with van der Waals surface area (Å²) in [5, 5.41) is 3.46. The van der Waals surface area contributed by atoms with E-state index in [1.807, 2.05) is 0 Å². The van der Waals surface area contributed by atoms with E-state index in [0.717, 1.165) is 25.3 Å². The van der Waals surface area contributed by atoms with Gasteiger partial charge in [-0.05, 0) is 30.9 Å². The van der Waals surface area contributed by atoms with Crippen molar-refractivity contribution in [3.8, 4) is 0 Å². The molecule has 0 aromatic heterocycles. The van der Waals surface area contributed by atoms with Gasteiger partial charge in [0, 0.05) is 25.2 Å². The summed E-state index contributed by atoms with van der Waals surface area (Å²) in [6.45, 7) is 1.23. The van der Waals surface area contributed by atoms with Gasteiger partial charge in [-0.25, -0.2) is 0 Å². The summed E-state index contributed by atoms with van der Waals surface area (Å²) in [5.41, 5.74) is -0.653. The molecule has 0 spiro atoms. The van der Waals surface area contributed by atoms with Gasteiger partial charge in [0.25, 0.3) is 0 Å². The highest BCUT2D eigenvalue weighted by atomic mass is 19.4. The number of carbonyl (C=O) groups is 1. The third-order valence-corrected chi connectivity index (χ3v) is 4.54. The van der Waals surface area contributed by atoms with Gasteiger partial charge in [0.2, 0.25) is 5.91 Å². The van der Waals surface area contributed by atoms with Gasteiger partial charge >= 0.3 is 6.18 Å². The highest BCUT2D eigenvalue weighted by Crippen LogP contribution is 2.32. The Morgan fingerprint density at radius 1 is 1.18 bits per heavy atom. The number of amides is 1. The smallest absolute Gasteiger partial charge is 0.341 e. The van der Waals surface area contributed by atoms with Gasteiger partial charge < -0.3 is 10.2 Å². The van der Waals surface area contributed by atoms with E-state index in [1.54, 1.807) is 11.0 Å². The first-order chi connectivity index (χ1) is 10.4. The predicted octanol–water partition coefficient (Wildman–Crippen LogP) is 2.60. The first kappa shape index (κ1) is 15.3. The number of fused-ring (bicyclic) bond motifs is 2. The molecule has 3 nitrogen and oxygen atoms in total. The van der Waals surface area contributed by atoms with Crippen molar-refractivity contribution in [3.05, 3.63) is 35.4 Å². The lowest BCUT2D eigenvalue weighted by atomic mass is 10.0. The van der Waals surface area contributed by atoms with Crippen LogP contribution < -0.4 is 5.32 Å². The molecular weight excluding hydrogens is 293 g/mol. The van der Waals surface area contributed by atoms with Crippen molar-refractivity contribution in [2.75, 3.05) is 13.1 Å². The number of likely N-dealkylation sites (tertiary alicyclic amines) is 1. The zero-order valence-electron chi connectivity index (χ0n) is 12.2. The van der Waals surface area contributed by atoms with Gasteiger partial charge in [0.15, 0.2) is 0 Å². The van der Waals surface area contributed by atoms with Crippen LogP contribution in [0.1, 0.15) is 30.4 Å². The van der Waals surface area contributed by atoms with Crippen LogP contribution in [0, 0.1) is 0 Å². The molecule has 0 aliphatic carbocycles. The molecule has 2 aliphatic rings. The monoisotopic (exact) mass is 312 g/mol. The zero-order valence-corrected chi connectivity index (χ0v) is 12.2. The first-order valence-electron chi connectivity index (χ1n) is 7.62. The Morgan fingerprint density at radius 3 is 2.68 bits per heavy atom. The van der Waals surface area contributed by atoms with Crippen LogP contribution in [0.4, 0.5) is 13.2 Å². The molecule has 2 bridgehead atoms. The predicted molar refractivity (Wildman–Crippen MR) is 76.3 cm³/mol. The molecule has 3 rings (SSSR count). The Kier molecular flexibility index (Phi) is 4.12. The molecule has 22 heavy (non-hydrogen) atoms. The number of rotatable bonds is 2. The van der Waals surface area contributed by atoms with Gasteiger partial charge in [-0.3, -0.25) is 4.79 Å². The third-order valence-electron chi connectivity index (χ3n) is 4.54. The van der Waals surface area contributed by atoms with E-state index in [4.69, 9.17) is 0 Å². The summed E-state index contributed by atoms with van der Waals surface area (Å²) in [4.78, 5) is 14.1. The topological polar surface area (TPSA) is 32.3 Å². The number of nitrogens with zero attached hydrogens (tertiary/aromatic N) is 1. The molecule has 2 heterocycles. The average molecular weight is 312 g/mol. The van der Waals surface area contributed by atoms with Crippen molar-refractivity contribution in [1.82, 2.24) is 10.2 Å². The molecule has 0 radical (unpaired) electrons. The molecule has 2 fully saturated rings. The quantitative estimate of drug-likeness (QED) is 0.910. The van der Waals surface area contributed by atoms with Crippen LogP contribution in [0.25, 0.3) is 0 Å². The highest BCUT2D eigenvalue weighted by Gasteiger charge is 2.35. The van der Waals surface area contributed by atoms with E-state index < -0.39 is 11.7 Å². The van der Waals surface area contributed by atoms with E-state index in [0.29, 0.717) is 19.1 Å². The van der Waals surface area contributed by atoms with Crippen LogP contribution in [0.5, 0.6) is 0 Å². The van der Waals surface area contributed by atoms with Crippen LogP contribution >= 0.6 is 0 Å². The SMILES string of the molecule is O=C(Cc1ccccc1C(F)(F)F)N1CC[C@H]2CC[C@@H](C1)N2. The van der Waals surface area contributed by atoms with Crippen molar-refractivity contribution < 1.29 is 18.0 Å². The standard InChI is InChI=1S/C16H19F3N2O/c17-16(18,19)14-4-2-1-3-11(14)9-15(22)21-8-7-12-5-6-13(10-21)20-12/h1-4,12-13,20H,5-10H2/t12-,13+/m1/s1. The molecule has 6 heteroatoms. The van der Waals surface area contributed by atoms with Gasteiger partial charge in [0.05, 0.1) is 12.0 Å². The number of nitrogens with one attached hydrogen (secondary N) is 1. The second-order valence-corrected chi connectivity index (χ2v) is 6.10. The molecule has 1 N–H and O–H groups in total. The third kappa shape index (κ3) is 3.27. The molecule has 1 aromatic rings. The largest absolute Gasteiger partial charge is 0.416 e. The number of hydrogen-bond donors (Lipinski definition) is 1. The van der Waals surface area contributed by atoms with E-state index >= 15 is 0 Å². The maximum absolute atomic E-state index is 13.0. The van der Waals surface area contributed by atoms with Gasteiger partial charge in [-0.2, -0.15) is 13.2 Å². The Bertz CT molecular complexity index is 559. The molecule has 120 valence electrons. The second kappa shape index (κ2) is 5.91. The van der Waals surface area contributed by atoms with Gasteiger partial charge in [-0.1, -0.05) is 18.2 Å². The Balaban J connectivity index is 1.72. The fraction of sp³-hybridized carbons (Fsp3) is 0.562. The van der Waals surface area contributed by atoms with Crippen LogP contribution in [-0.2, 0) is 17.4 Å². The van der Waals surface area contributed by atoms with E-state index in [2.05, 4.69) is 5.32 Å². The molecule has 2 saturated heterocycles. The van der Waals surface area contributed by atoms with Crippen LogP contribution in [0.2, 0.25) is 0 Å². The number of alkyl halides is 3. The van der Waals surface area contributed by atoms with E-state index in [1.165, 1.54) is 12.1 Å². The fourth-order valence-corrected chi connectivity index (χ4v) is 3.40. The average Bonchev–Trinajstić information content (AvgIpc) is 2.77. The summed E-state index contributed by atoms with van der Waals surface area (Å²) < 4.78 is 39.0. The number of carbonyl (C=O) groups excluding carboxylic acids is 1. The summed E-state index contributed by atoms with van der Waals surface area (Å²) in [6, 6.07) is 6.06. The molecule has 1 aromatic carbocycles. The molecule has 2 aliphatic heterocycles.